The van der Waals surface area contributed by atoms with E-state index in [0.717, 1.165) is 0 Å². The van der Waals surface area contributed by atoms with E-state index in [4.69, 9.17) is 32.7 Å². The summed E-state index contributed by atoms with van der Waals surface area (Å²) in [5.41, 5.74) is 3.16. The summed E-state index contributed by atoms with van der Waals surface area (Å²) < 4.78 is 12.8. The number of hydrogen-bond donors (Lipinski definition) is 1. The number of ether oxygens (including phenoxy) is 2. The van der Waals surface area contributed by atoms with Crippen molar-refractivity contribution in [3.63, 3.8) is 0 Å². The highest BCUT2D eigenvalue weighted by Crippen LogP contribution is 2.33. The first-order chi connectivity index (χ1) is 15.7. The lowest BCUT2D eigenvalue weighted by Gasteiger charge is -2.11. The predicted molar refractivity (Wildman–Crippen MR) is 139 cm³/mol. The summed E-state index contributed by atoms with van der Waals surface area (Å²) in [5.74, 6) is -0.519. The normalized spacial score (nSPS) is 10.8. The zero-order chi connectivity index (χ0) is 24.0. The molecule has 0 fully saturated rings. The van der Waals surface area contributed by atoms with Gasteiger partial charge in [0.2, 0.25) is 0 Å². The third-order valence-electron chi connectivity index (χ3n) is 3.97. The van der Waals surface area contributed by atoms with Gasteiger partial charge in [-0.05, 0) is 74.3 Å². The molecule has 0 radical (unpaired) electrons. The summed E-state index contributed by atoms with van der Waals surface area (Å²) in [6.07, 6.45) is 1.35. The number of rotatable bonds is 7. The molecular weight excluding hydrogens is 667 g/mol. The quantitative estimate of drug-likeness (QED) is 0.126. The van der Waals surface area contributed by atoms with Gasteiger partial charge >= 0.3 is 5.97 Å². The number of halogens is 5. The van der Waals surface area contributed by atoms with Crippen molar-refractivity contribution in [2.75, 3.05) is 6.61 Å². The Hall–Kier alpha value is -1.91. The molecule has 33 heavy (non-hydrogen) atoms. The van der Waals surface area contributed by atoms with Gasteiger partial charge in [-0.2, -0.15) is 5.10 Å². The third kappa shape index (κ3) is 7.28. The number of nitrogens with zero attached hydrogens (tertiary/aromatic N) is 1. The van der Waals surface area contributed by atoms with Gasteiger partial charge in [-0.15, -0.1) is 0 Å². The van der Waals surface area contributed by atoms with Crippen molar-refractivity contribution in [3.05, 3.63) is 89.2 Å². The second-order valence-electron chi connectivity index (χ2n) is 6.33. The van der Waals surface area contributed by atoms with Crippen molar-refractivity contribution < 1.29 is 19.1 Å². The van der Waals surface area contributed by atoms with Crippen LogP contribution in [0.1, 0.15) is 15.9 Å². The molecule has 6 nitrogen and oxygen atoms in total. The minimum Gasteiger partial charge on any atom is -0.482 e. The van der Waals surface area contributed by atoms with Crippen molar-refractivity contribution in [2.45, 2.75) is 0 Å². The number of amides is 1. The lowest BCUT2D eigenvalue weighted by Crippen LogP contribution is -2.24. The maximum absolute atomic E-state index is 12.6. The molecule has 170 valence electrons. The maximum atomic E-state index is 12.6. The molecule has 1 amide bonds. The molecule has 1 N–H and O–H groups in total. The first kappa shape index (κ1) is 25.7. The van der Waals surface area contributed by atoms with Gasteiger partial charge in [-0.25, -0.2) is 10.2 Å². The lowest BCUT2D eigenvalue weighted by molar-refractivity contribution is -0.123. The molecule has 11 heteroatoms. The minimum absolute atomic E-state index is 0.237. The Bertz CT molecular complexity index is 1240. The Balaban J connectivity index is 1.69. The van der Waals surface area contributed by atoms with Crippen LogP contribution < -0.4 is 14.9 Å². The van der Waals surface area contributed by atoms with Crippen LogP contribution in [0.2, 0.25) is 10.0 Å². The van der Waals surface area contributed by atoms with Gasteiger partial charge in [-0.3, -0.25) is 4.79 Å². The van der Waals surface area contributed by atoms with E-state index >= 15 is 0 Å². The van der Waals surface area contributed by atoms with Gasteiger partial charge < -0.3 is 9.47 Å². The SMILES string of the molecule is O=C(COc1ccc(Cl)cc1Cl)N/N=C\c1cc(Br)cc(Br)c1OC(=O)c1ccccc1Br. The number of hydrazone groups is 1. The molecule has 3 aromatic carbocycles. The van der Waals surface area contributed by atoms with Crippen LogP contribution in [0.15, 0.2) is 73.1 Å². The second kappa shape index (κ2) is 12.0. The standard InChI is InChI=1S/C22H13Br3Cl2N2O4/c23-13-7-12(10-28-29-20(30)11-32-19-6-5-14(26)9-18(19)27)21(17(25)8-13)33-22(31)15-3-1-2-4-16(15)24/h1-10H,11H2,(H,29,30)/b28-10-. The Kier molecular flexibility index (Phi) is 9.34. The van der Waals surface area contributed by atoms with E-state index < -0.39 is 11.9 Å². The molecule has 3 aromatic rings. The average molecular weight is 680 g/mol. The fourth-order valence-corrected chi connectivity index (χ4v) is 4.75. The lowest BCUT2D eigenvalue weighted by atomic mass is 10.2. The fourth-order valence-electron chi connectivity index (χ4n) is 2.50. The number of benzene rings is 3. The van der Waals surface area contributed by atoms with Crippen molar-refractivity contribution in [1.82, 2.24) is 5.43 Å². The highest BCUT2D eigenvalue weighted by Gasteiger charge is 2.17. The molecule has 0 aromatic heterocycles. The van der Waals surface area contributed by atoms with Crippen LogP contribution in [0.25, 0.3) is 0 Å². The first-order valence-corrected chi connectivity index (χ1v) is 12.2. The molecule has 0 spiro atoms. The second-order valence-corrected chi connectivity index (χ2v) is 9.80. The van der Waals surface area contributed by atoms with E-state index in [9.17, 15) is 9.59 Å². The summed E-state index contributed by atoms with van der Waals surface area (Å²) in [6.45, 7) is -0.315. The Morgan fingerprint density at radius 2 is 1.76 bits per heavy atom. The van der Waals surface area contributed by atoms with Crippen molar-refractivity contribution >= 4 is 89.1 Å². The van der Waals surface area contributed by atoms with Crippen molar-refractivity contribution in [1.29, 1.82) is 0 Å². The first-order valence-electron chi connectivity index (χ1n) is 9.10. The van der Waals surface area contributed by atoms with Gasteiger partial charge in [-0.1, -0.05) is 51.3 Å². The molecule has 0 aliphatic carbocycles. The Morgan fingerprint density at radius 3 is 2.48 bits per heavy atom. The molecule has 0 saturated heterocycles. The van der Waals surface area contributed by atoms with E-state index in [1.807, 2.05) is 0 Å². The van der Waals surface area contributed by atoms with Crippen molar-refractivity contribution in [3.8, 4) is 11.5 Å². The topological polar surface area (TPSA) is 77.0 Å². The van der Waals surface area contributed by atoms with Gasteiger partial charge in [0, 0.05) is 19.5 Å². The zero-order valence-corrected chi connectivity index (χ0v) is 22.7. The monoisotopic (exact) mass is 676 g/mol. The van der Waals surface area contributed by atoms with Gasteiger partial charge in [0.1, 0.15) is 5.75 Å². The minimum atomic E-state index is -0.558. The highest BCUT2D eigenvalue weighted by molar-refractivity contribution is 9.11. The average Bonchev–Trinajstić information content (AvgIpc) is 2.75. The van der Waals surface area contributed by atoms with Gasteiger partial charge in [0.25, 0.3) is 5.91 Å². The smallest absolute Gasteiger partial charge is 0.344 e. The highest BCUT2D eigenvalue weighted by atomic mass is 79.9. The molecule has 0 bridgehead atoms. The fraction of sp³-hybridized carbons (Fsp3) is 0.0455. The summed E-state index contributed by atoms with van der Waals surface area (Å²) in [6, 6.07) is 15.0. The number of carbonyl (C=O) groups is 2. The van der Waals surface area contributed by atoms with E-state index in [1.54, 1.807) is 48.5 Å². The summed E-state index contributed by atoms with van der Waals surface area (Å²) in [4.78, 5) is 24.7. The number of hydrogen-bond acceptors (Lipinski definition) is 5. The van der Waals surface area contributed by atoms with E-state index in [0.29, 0.717) is 35.3 Å². The van der Waals surface area contributed by atoms with E-state index in [-0.39, 0.29) is 17.4 Å². The number of carbonyl (C=O) groups excluding carboxylic acids is 2. The van der Waals surface area contributed by atoms with Crippen LogP contribution in [0, 0.1) is 0 Å². The van der Waals surface area contributed by atoms with Gasteiger partial charge in [0.15, 0.2) is 12.4 Å². The molecule has 3 rings (SSSR count). The predicted octanol–water partition coefficient (Wildman–Crippen LogP) is 7.03. The molecular formula is C22H13Br3Cl2N2O4. The Labute approximate surface area is 224 Å². The molecule has 0 atom stereocenters. The zero-order valence-electron chi connectivity index (χ0n) is 16.5. The van der Waals surface area contributed by atoms with Crippen LogP contribution in [0.3, 0.4) is 0 Å². The summed E-state index contributed by atoms with van der Waals surface area (Å²) in [5, 5.41) is 4.67. The molecule has 0 unspecified atom stereocenters. The van der Waals surface area contributed by atoms with Crippen LogP contribution in [0.4, 0.5) is 0 Å². The van der Waals surface area contributed by atoms with Crippen molar-refractivity contribution in [2.24, 2.45) is 5.10 Å². The van der Waals surface area contributed by atoms with Crippen LogP contribution in [-0.4, -0.2) is 24.7 Å². The summed E-state index contributed by atoms with van der Waals surface area (Å²) >= 11 is 22.0. The Morgan fingerprint density at radius 1 is 1.00 bits per heavy atom. The third-order valence-corrected chi connectivity index (χ3v) is 6.24. The van der Waals surface area contributed by atoms with Crippen LogP contribution >= 0.6 is 71.0 Å². The molecule has 0 saturated carbocycles. The van der Waals surface area contributed by atoms with Crippen LogP contribution in [0.5, 0.6) is 11.5 Å². The van der Waals surface area contributed by atoms with E-state index in [2.05, 4.69) is 58.3 Å². The molecule has 0 heterocycles. The largest absolute Gasteiger partial charge is 0.482 e. The van der Waals surface area contributed by atoms with Crippen LogP contribution in [-0.2, 0) is 4.79 Å². The number of esters is 1. The van der Waals surface area contributed by atoms with Gasteiger partial charge in [0.05, 0.1) is 21.3 Å². The summed E-state index contributed by atoms with van der Waals surface area (Å²) in [7, 11) is 0. The molecule has 0 aliphatic heterocycles. The van der Waals surface area contributed by atoms with E-state index in [1.165, 1.54) is 12.3 Å². The maximum Gasteiger partial charge on any atom is 0.344 e. The molecule has 0 aliphatic rings. The number of nitrogens with one attached hydrogen (secondary N) is 1.